The van der Waals surface area contributed by atoms with Gasteiger partial charge < -0.3 is 19.8 Å². The lowest BCUT2D eigenvalue weighted by Crippen LogP contribution is -2.76. The first-order chi connectivity index (χ1) is 18.9. The third-order valence-electron chi connectivity index (χ3n) is 9.27. The highest BCUT2D eigenvalue weighted by molar-refractivity contribution is 5.44. The predicted molar refractivity (Wildman–Crippen MR) is 135 cm³/mol. The summed E-state index contributed by atoms with van der Waals surface area (Å²) in [6, 6.07) is 9.43. The molecule has 4 aliphatic rings. The summed E-state index contributed by atoms with van der Waals surface area (Å²) in [4.78, 5) is 2.16. The molecule has 0 amide bonds. The van der Waals surface area contributed by atoms with Gasteiger partial charge in [0.05, 0.1) is 6.54 Å². The molecule has 0 unspecified atom stereocenters. The number of halogens is 4. The summed E-state index contributed by atoms with van der Waals surface area (Å²) in [5.74, 6) is -5.40. The number of tetrazole rings is 1. The topological polar surface area (TPSA) is 96.5 Å². The van der Waals surface area contributed by atoms with Crippen molar-refractivity contribution >= 4 is 0 Å². The zero-order valence-corrected chi connectivity index (χ0v) is 22.0. The van der Waals surface area contributed by atoms with Crippen molar-refractivity contribution in [1.82, 2.24) is 25.1 Å². The maximum Gasteiger partial charge on any atom is 0.287 e. The van der Waals surface area contributed by atoms with E-state index < -0.39 is 51.7 Å². The number of hydrogen-bond acceptors (Lipinski definition) is 7. The van der Waals surface area contributed by atoms with Gasteiger partial charge in [0.15, 0.2) is 5.60 Å². The number of rotatable bonds is 9. The van der Waals surface area contributed by atoms with Crippen LogP contribution >= 0.6 is 0 Å². The Morgan fingerprint density at radius 2 is 1.70 bits per heavy atom. The van der Waals surface area contributed by atoms with Crippen molar-refractivity contribution in [2.75, 3.05) is 26.7 Å². The number of benzene rings is 2. The van der Waals surface area contributed by atoms with Crippen molar-refractivity contribution in [3.63, 3.8) is 0 Å². The highest BCUT2D eigenvalue weighted by atomic mass is 19.3. The van der Waals surface area contributed by atoms with E-state index in [2.05, 4.69) is 20.4 Å². The van der Waals surface area contributed by atoms with Crippen LogP contribution in [-0.4, -0.2) is 73.6 Å². The molecule has 4 fully saturated rings. The molecule has 8 nitrogen and oxygen atoms in total. The second kappa shape index (κ2) is 9.22. The lowest BCUT2D eigenvalue weighted by atomic mass is 9.30. The molecule has 7 rings (SSSR count). The number of likely N-dealkylation sites (tertiary alicyclic amines) is 1. The van der Waals surface area contributed by atoms with Crippen LogP contribution in [0.3, 0.4) is 0 Å². The van der Waals surface area contributed by atoms with Crippen molar-refractivity contribution in [3.8, 4) is 5.75 Å². The molecular weight excluding hydrogens is 530 g/mol. The Morgan fingerprint density at radius 3 is 2.30 bits per heavy atom. The number of alkyl halides is 2. The molecule has 40 heavy (non-hydrogen) atoms. The average molecular weight is 562 g/mol. The van der Waals surface area contributed by atoms with Crippen molar-refractivity contribution < 1.29 is 32.5 Å². The zero-order valence-electron chi connectivity index (χ0n) is 22.0. The first-order valence-corrected chi connectivity index (χ1v) is 13.3. The largest absolute Gasteiger partial charge is 0.491 e. The molecule has 1 atom stereocenters. The van der Waals surface area contributed by atoms with Gasteiger partial charge in [-0.15, -0.1) is 5.10 Å². The third-order valence-corrected chi connectivity index (χ3v) is 9.27. The zero-order chi connectivity index (χ0) is 28.4. The van der Waals surface area contributed by atoms with Crippen LogP contribution in [0.25, 0.3) is 0 Å². The van der Waals surface area contributed by atoms with Gasteiger partial charge in [0.25, 0.3) is 5.92 Å². The quantitative estimate of drug-likeness (QED) is 0.387. The first-order valence-electron chi connectivity index (χ1n) is 13.3. The highest BCUT2D eigenvalue weighted by Gasteiger charge is 2.82. The van der Waals surface area contributed by atoms with Crippen LogP contribution < -0.4 is 4.74 Å². The summed E-state index contributed by atoms with van der Waals surface area (Å²) >= 11 is 0. The molecular formula is C28H31F4N5O3. The number of nitrogens with zero attached hydrogens (tertiary/aromatic N) is 5. The molecule has 2 aromatic carbocycles. The molecule has 1 saturated heterocycles. The Labute approximate surface area is 228 Å². The maximum absolute atomic E-state index is 16.3. The number of ether oxygens (including phenoxy) is 1. The van der Waals surface area contributed by atoms with Crippen LogP contribution in [0.15, 0.2) is 48.8 Å². The van der Waals surface area contributed by atoms with E-state index in [0.29, 0.717) is 24.7 Å². The molecule has 12 heteroatoms. The summed E-state index contributed by atoms with van der Waals surface area (Å²) in [6.07, 6.45) is 2.61. The standard InChI is InChI=1S/C28H31F4N5O3/c1-36-10-8-26(38,9-11-36)17-40-21-5-2-19(3-6-21)24-13-25(14-24,15-24)28(31,32)27(39,16-37-18-33-34-35-37)22-7-4-20(29)12-23(22)30/h2-7,12,18,38-39H,8-11,13-17H2,1H3/t24?,25?,27-/m0/s1. The van der Waals surface area contributed by atoms with E-state index in [9.17, 15) is 19.0 Å². The Bertz CT molecular complexity index is 1360. The fourth-order valence-electron chi connectivity index (χ4n) is 6.83. The molecule has 2 bridgehead atoms. The summed E-state index contributed by atoms with van der Waals surface area (Å²) in [5, 5.41) is 32.7. The van der Waals surface area contributed by atoms with Gasteiger partial charge in [0.2, 0.25) is 0 Å². The van der Waals surface area contributed by atoms with Crippen molar-refractivity contribution in [3.05, 3.63) is 71.6 Å². The van der Waals surface area contributed by atoms with Crippen LogP contribution in [0.1, 0.15) is 43.2 Å². The van der Waals surface area contributed by atoms with Crippen LogP contribution in [0.5, 0.6) is 5.75 Å². The van der Waals surface area contributed by atoms with Gasteiger partial charge in [-0.2, -0.15) is 0 Å². The molecule has 3 aliphatic carbocycles. The molecule has 3 aromatic rings. The Hall–Kier alpha value is -3.09. The Balaban J connectivity index is 1.18. The summed E-state index contributed by atoms with van der Waals surface area (Å²) in [7, 11) is 2.01. The van der Waals surface area contributed by atoms with Crippen LogP contribution in [0.4, 0.5) is 17.6 Å². The van der Waals surface area contributed by atoms with Gasteiger partial charge >= 0.3 is 0 Å². The monoisotopic (exact) mass is 561 g/mol. The first kappa shape index (κ1) is 27.1. The van der Waals surface area contributed by atoms with E-state index >= 15 is 8.78 Å². The van der Waals surface area contributed by atoms with E-state index in [-0.39, 0.29) is 25.9 Å². The number of aromatic nitrogens is 4. The van der Waals surface area contributed by atoms with Gasteiger partial charge in [0.1, 0.15) is 35.9 Å². The van der Waals surface area contributed by atoms with Crippen molar-refractivity contribution in [2.24, 2.45) is 5.41 Å². The van der Waals surface area contributed by atoms with E-state index in [1.807, 2.05) is 19.2 Å². The number of hydrogen-bond donors (Lipinski definition) is 2. The second-order valence-electron chi connectivity index (χ2n) is 12.0. The lowest BCUT2D eigenvalue weighted by molar-refractivity contribution is -0.347. The van der Waals surface area contributed by atoms with E-state index in [0.717, 1.165) is 41.8 Å². The maximum atomic E-state index is 16.3. The fourth-order valence-corrected chi connectivity index (χ4v) is 6.83. The van der Waals surface area contributed by atoms with Gasteiger partial charge in [0, 0.05) is 30.1 Å². The Kier molecular flexibility index (Phi) is 6.24. The van der Waals surface area contributed by atoms with Gasteiger partial charge in [-0.05, 0) is 84.8 Å². The molecule has 1 aliphatic heterocycles. The molecule has 3 saturated carbocycles. The second-order valence-corrected chi connectivity index (χ2v) is 12.0. The molecule has 0 spiro atoms. The molecule has 2 heterocycles. The van der Waals surface area contributed by atoms with Crippen molar-refractivity contribution in [2.45, 2.75) is 61.2 Å². The Morgan fingerprint density at radius 1 is 1.02 bits per heavy atom. The van der Waals surface area contributed by atoms with Crippen molar-refractivity contribution in [1.29, 1.82) is 0 Å². The lowest BCUT2D eigenvalue weighted by Gasteiger charge is -2.74. The SMILES string of the molecule is CN1CCC(O)(COc2ccc(C34CC(C(F)(F)[C@](O)(Cn5cnnn5)c5ccc(F)cc5F)(C3)C4)cc2)CC1. The number of piperidine rings is 1. The summed E-state index contributed by atoms with van der Waals surface area (Å²) < 4.78 is 67.9. The minimum absolute atomic E-state index is 0.0984. The molecule has 214 valence electrons. The van der Waals surface area contributed by atoms with Gasteiger partial charge in [-0.1, -0.05) is 12.1 Å². The molecule has 0 radical (unpaired) electrons. The summed E-state index contributed by atoms with van der Waals surface area (Å²) in [6.45, 7) is 0.970. The smallest absolute Gasteiger partial charge is 0.287 e. The highest BCUT2D eigenvalue weighted by Crippen LogP contribution is 2.80. The fraction of sp³-hybridized carbons (Fsp3) is 0.536. The third kappa shape index (κ3) is 4.19. The van der Waals surface area contributed by atoms with Crippen LogP contribution in [0.2, 0.25) is 0 Å². The molecule has 2 N–H and O–H groups in total. The van der Waals surface area contributed by atoms with E-state index in [1.54, 1.807) is 12.1 Å². The van der Waals surface area contributed by atoms with E-state index in [4.69, 9.17) is 4.74 Å². The predicted octanol–water partition coefficient (Wildman–Crippen LogP) is 3.43. The van der Waals surface area contributed by atoms with Crippen LogP contribution in [0, 0.1) is 17.0 Å². The van der Waals surface area contributed by atoms with Crippen LogP contribution in [-0.2, 0) is 17.6 Å². The minimum Gasteiger partial charge on any atom is -0.491 e. The normalized spacial score (nSPS) is 27.4. The number of aliphatic hydroxyl groups is 2. The summed E-state index contributed by atoms with van der Waals surface area (Å²) in [5.41, 5.74) is -5.76. The van der Waals surface area contributed by atoms with Gasteiger partial charge in [-0.25, -0.2) is 22.2 Å². The van der Waals surface area contributed by atoms with Gasteiger partial charge in [-0.3, -0.25) is 0 Å². The van der Waals surface area contributed by atoms with E-state index in [1.165, 1.54) is 0 Å². The minimum atomic E-state index is -3.78. The average Bonchev–Trinajstić information content (AvgIpc) is 3.36. The molecule has 1 aromatic heterocycles.